The van der Waals surface area contributed by atoms with E-state index >= 15 is 0 Å². The van der Waals surface area contributed by atoms with Crippen molar-refractivity contribution >= 4 is 21.3 Å². The molecule has 86 valence electrons. The molecule has 0 amide bonds. The standard InChI is InChI=1S/C10H17NO3S/c1-4-5-14-10-7-15(3,13)11-6-9(10)8(2)12/h6-8,12H,4-5H2,1-3H3/t8-,15?/m1/s1. The van der Waals surface area contributed by atoms with E-state index in [9.17, 15) is 9.32 Å². The smallest absolute Gasteiger partial charge is 0.136 e. The van der Waals surface area contributed by atoms with Crippen LogP contribution in [0.2, 0.25) is 0 Å². The molecule has 1 N–H and O–H groups in total. The summed E-state index contributed by atoms with van der Waals surface area (Å²) in [6.07, 6.45) is 3.19. The number of nitrogens with zero attached hydrogens (tertiary/aromatic N) is 1. The van der Waals surface area contributed by atoms with Crippen molar-refractivity contribution in [1.82, 2.24) is 0 Å². The molecule has 1 heterocycles. The zero-order valence-electron chi connectivity index (χ0n) is 9.27. The maximum atomic E-state index is 11.7. The van der Waals surface area contributed by atoms with E-state index in [0.717, 1.165) is 6.42 Å². The zero-order chi connectivity index (χ0) is 11.5. The first-order chi connectivity index (χ1) is 6.96. The normalized spacial score (nSPS) is 27.5. The van der Waals surface area contributed by atoms with Crippen LogP contribution in [-0.4, -0.2) is 39.9 Å². The van der Waals surface area contributed by atoms with Gasteiger partial charge in [-0.3, -0.25) is 0 Å². The Labute approximate surface area is 90.8 Å². The second-order valence-corrected chi connectivity index (χ2v) is 5.73. The lowest BCUT2D eigenvalue weighted by Crippen LogP contribution is -2.18. The van der Waals surface area contributed by atoms with Crippen molar-refractivity contribution in [2.24, 2.45) is 4.40 Å². The summed E-state index contributed by atoms with van der Waals surface area (Å²) in [5, 5.41) is 11.0. The zero-order valence-corrected chi connectivity index (χ0v) is 10.1. The predicted molar refractivity (Wildman–Crippen MR) is 63.6 cm³/mol. The van der Waals surface area contributed by atoms with Crippen LogP contribution < -0.4 is 0 Å². The molecule has 2 atom stereocenters. The molecular formula is C10H17NO3S. The first-order valence-electron chi connectivity index (χ1n) is 4.90. The van der Waals surface area contributed by atoms with Crippen LogP contribution in [0.1, 0.15) is 20.3 Å². The summed E-state index contributed by atoms with van der Waals surface area (Å²) in [5.41, 5.74) is 0.587. The molecule has 0 saturated heterocycles. The molecule has 0 aromatic rings. The molecule has 0 aromatic carbocycles. The van der Waals surface area contributed by atoms with E-state index in [4.69, 9.17) is 4.74 Å². The maximum absolute atomic E-state index is 11.7. The van der Waals surface area contributed by atoms with Crippen LogP contribution in [0.3, 0.4) is 0 Å². The van der Waals surface area contributed by atoms with Crippen molar-refractivity contribution in [3.8, 4) is 0 Å². The van der Waals surface area contributed by atoms with Gasteiger partial charge in [-0.2, -0.15) is 0 Å². The van der Waals surface area contributed by atoms with Gasteiger partial charge in [0.25, 0.3) is 0 Å². The molecule has 0 aromatic heterocycles. The minimum absolute atomic E-state index is 0.495. The van der Waals surface area contributed by atoms with Gasteiger partial charge in [0.15, 0.2) is 0 Å². The van der Waals surface area contributed by atoms with E-state index in [-0.39, 0.29) is 0 Å². The molecule has 1 aliphatic rings. The van der Waals surface area contributed by atoms with Gasteiger partial charge >= 0.3 is 0 Å². The minimum Gasteiger partial charge on any atom is -0.492 e. The van der Waals surface area contributed by atoms with Gasteiger partial charge in [0.05, 0.1) is 27.8 Å². The topological polar surface area (TPSA) is 58.9 Å². The molecule has 0 fully saturated rings. The van der Waals surface area contributed by atoms with Gasteiger partial charge in [0, 0.05) is 18.0 Å². The van der Waals surface area contributed by atoms with Gasteiger partial charge in [-0.05, 0) is 13.3 Å². The highest BCUT2D eigenvalue weighted by Gasteiger charge is 2.16. The average Bonchev–Trinajstić information content (AvgIpc) is 2.12. The monoisotopic (exact) mass is 231 g/mol. The number of ether oxygens (including phenoxy) is 1. The highest BCUT2D eigenvalue weighted by molar-refractivity contribution is 7.99. The number of hydrogen-bond acceptors (Lipinski definition) is 3. The summed E-state index contributed by atoms with van der Waals surface area (Å²) in [5.74, 6) is 0.495. The molecule has 1 rings (SSSR count). The van der Waals surface area contributed by atoms with Crippen LogP contribution in [0, 0.1) is 0 Å². The fourth-order valence-corrected chi connectivity index (χ4v) is 2.15. The Bertz CT molecular complexity index is 401. The number of aliphatic hydroxyl groups is 1. The maximum Gasteiger partial charge on any atom is 0.136 e. The Morgan fingerprint density at radius 3 is 2.87 bits per heavy atom. The molecule has 1 unspecified atom stereocenters. The number of rotatable bonds is 4. The Morgan fingerprint density at radius 1 is 1.67 bits per heavy atom. The summed E-state index contributed by atoms with van der Waals surface area (Å²) in [7, 11) is -2.33. The number of allylic oxidation sites excluding steroid dienone is 1. The first-order valence-corrected chi connectivity index (χ1v) is 6.89. The lowest BCUT2D eigenvalue weighted by molar-refractivity contribution is 0.204. The van der Waals surface area contributed by atoms with Crippen LogP contribution in [0.25, 0.3) is 0 Å². The van der Waals surface area contributed by atoms with Crippen LogP contribution >= 0.6 is 0 Å². The van der Waals surface area contributed by atoms with Crippen molar-refractivity contribution in [2.45, 2.75) is 26.4 Å². The van der Waals surface area contributed by atoms with E-state index in [2.05, 4.69) is 4.40 Å². The molecule has 0 aliphatic carbocycles. The van der Waals surface area contributed by atoms with Gasteiger partial charge in [-0.25, -0.2) is 8.61 Å². The third-order valence-electron chi connectivity index (χ3n) is 1.92. The van der Waals surface area contributed by atoms with Gasteiger partial charge in [0.2, 0.25) is 0 Å². The van der Waals surface area contributed by atoms with Crippen molar-refractivity contribution < 1.29 is 14.1 Å². The SMILES string of the molecule is CCCOC1=C([C@@H](C)O)C=NS(C)(=O)=C1. The fraction of sp³-hybridized carbons (Fsp3) is 0.600. The van der Waals surface area contributed by atoms with E-state index < -0.39 is 15.8 Å². The van der Waals surface area contributed by atoms with Crippen molar-refractivity contribution in [1.29, 1.82) is 0 Å². The van der Waals surface area contributed by atoms with E-state index in [1.54, 1.807) is 6.92 Å². The van der Waals surface area contributed by atoms with E-state index in [1.807, 2.05) is 6.92 Å². The summed E-state index contributed by atoms with van der Waals surface area (Å²) in [4.78, 5) is 0. The quantitative estimate of drug-likeness (QED) is 0.727. The molecular weight excluding hydrogens is 214 g/mol. The van der Waals surface area contributed by atoms with Gasteiger partial charge in [0.1, 0.15) is 5.76 Å². The van der Waals surface area contributed by atoms with Gasteiger partial charge in [-0.15, -0.1) is 0 Å². The van der Waals surface area contributed by atoms with E-state index in [0.29, 0.717) is 17.9 Å². The molecule has 5 heteroatoms. The lowest BCUT2D eigenvalue weighted by atomic mass is 10.1. The highest BCUT2D eigenvalue weighted by Crippen LogP contribution is 2.13. The van der Waals surface area contributed by atoms with Crippen molar-refractivity contribution in [2.75, 3.05) is 12.9 Å². The number of hydrogen-bond donors (Lipinski definition) is 1. The van der Waals surface area contributed by atoms with Crippen LogP contribution in [0.5, 0.6) is 0 Å². The minimum atomic E-state index is -2.33. The summed E-state index contributed by atoms with van der Waals surface area (Å²) >= 11 is 0. The second kappa shape index (κ2) is 4.81. The van der Waals surface area contributed by atoms with Crippen LogP contribution in [-0.2, 0) is 14.4 Å². The Morgan fingerprint density at radius 2 is 2.33 bits per heavy atom. The van der Waals surface area contributed by atoms with Crippen molar-refractivity contribution in [3.63, 3.8) is 0 Å². The van der Waals surface area contributed by atoms with Gasteiger partial charge in [-0.1, -0.05) is 6.92 Å². The summed E-state index contributed by atoms with van der Waals surface area (Å²) in [6, 6.07) is 0. The highest BCUT2D eigenvalue weighted by atomic mass is 32.2. The summed E-state index contributed by atoms with van der Waals surface area (Å²) < 4.78 is 21.0. The van der Waals surface area contributed by atoms with Crippen LogP contribution in [0.4, 0.5) is 0 Å². The second-order valence-electron chi connectivity index (χ2n) is 3.56. The molecule has 1 aliphatic heterocycles. The molecule has 0 bridgehead atoms. The first kappa shape index (κ1) is 12.3. The van der Waals surface area contributed by atoms with Crippen LogP contribution in [0.15, 0.2) is 15.7 Å². The summed E-state index contributed by atoms with van der Waals surface area (Å²) in [6.45, 7) is 4.17. The molecule has 4 nitrogen and oxygen atoms in total. The molecule has 0 radical (unpaired) electrons. The Hall–Kier alpha value is -0.810. The Kier molecular flexibility index (Phi) is 3.93. The van der Waals surface area contributed by atoms with Gasteiger partial charge < -0.3 is 9.84 Å². The third-order valence-corrected chi connectivity index (χ3v) is 3.10. The third kappa shape index (κ3) is 3.35. The largest absolute Gasteiger partial charge is 0.492 e. The molecule has 0 spiro atoms. The predicted octanol–water partition coefficient (Wildman–Crippen LogP) is 0.764. The van der Waals surface area contributed by atoms with Crippen molar-refractivity contribution in [3.05, 3.63) is 11.3 Å². The molecule has 0 saturated carbocycles. The fourth-order valence-electron chi connectivity index (χ4n) is 1.17. The number of aliphatic hydroxyl groups excluding tert-OH is 1. The van der Waals surface area contributed by atoms with E-state index in [1.165, 1.54) is 17.8 Å². The lowest BCUT2D eigenvalue weighted by Gasteiger charge is -2.16. The Balaban J connectivity index is 3.05. The molecule has 15 heavy (non-hydrogen) atoms. The average molecular weight is 231 g/mol.